The van der Waals surface area contributed by atoms with Gasteiger partial charge >= 0.3 is 0 Å². The minimum atomic E-state index is 0.205. The zero-order chi connectivity index (χ0) is 20.0. The van der Waals surface area contributed by atoms with E-state index in [9.17, 15) is 5.26 Å². The Balaban J connectivity index is 1.75. The van der Waals surface area contributed by atoms with Crippen molar-refractivity contribution >= 4 is 21.9 Å². The van der Waals surface area contributed by atoms with Gasteiger partial charge in [0.15, 0.2) is 0 Å². The summed E-state index contributed by atoms with van der Waals surface area (Å²) in [6.45, 7) is 2.86. The molecule has 0 aliphatic carbocycles. The Kier molecular flexibility index (Phi) is 4.29. The van der Waals surface area contributed by atoms with Crippen molar-refractivity contribution in [3.05, 3.63) is 54.0 Å². The fourth-order valence-corrected chi connectivity index (χ4v) is 4.34. The van der Waals surface area contributed by atoms with Crippen LogP contribution in [0.25, 0.3) is 21.9 Å². The van der Waals surface area contributed by atoms with Crippen molar-refractivity contribution in [2.75, 3.05) is 6.61 Å². The maximum Gasteiger partial charge on any atom is 0.116 e. The smallest absolute Gasteiger partial charge is 0.116 e. The Morgan fingerprint density at radius 2 is 2.17 bits per heavy atom. The number of ether oxygens (including phenoxy) is 1. The van der Waals surface area contributed by atoms with Gasteiger partial charge in [0.1, 0.15) is 11.3 Å². The molecule has 1 aliphatic rings. The first-order valence-corrected chi connectivity index (χ1v) is 9.90. The molecule has 0 radical (unpaired) electrons. The first kappa shape index (κ1) is 17.8. The van der Waals surface area contributed by atoms with Crippen LogP contribution in [0.4, 0.5) is 0 Å². The number of benzene rings is 1. The molecule has 29 heavy (non-hydrogen) atoms. The maximum absolute atomic E-state index is 9.40. The summed E-state index contributed by atoms with van der Waals surface area (Å²) >= 11 is 0. The summed E-state index contributed by atoms with van der Waals surface area (Å²) in [7, 11) is 1.97. The molecule has 0 saturated carbocycles. The Hall–Kier alpha value is -3.24. The molecule has 0 N–H and O–H groups in total. The molecule has 0 unspecified atom stereocenters. The Bertz CT molecular complexity index is 1250. The van der Waals surface area contributed by atoms with Crippen LogP contribution < -0.4 is 0 Å². The van der Waals surface area contributed by atoms with Gasteiger partial charge < -0.3 is 13.9 Å². The average Bonchev–Trinajstić information content (AvgIpc) is 3.30. The van der Waals surface area contributed by atoms with Crippen molar-refractivity contribution in [3.63, 3.8) is 0 Å². The molecule has 4 heterocycles. The molecular formula is C22H22N6O. The highest BCUT2D eigenvalue weighted by atomic mass is 16.5. The van der Waals surface area contributed by atoms with Crippen molar-refractivity contribution < 1.29 is 4.74 Å². The van der Waals surface area contributed by atoms with Gasteiger partial charge in [-0.05, 0) is 38.0 Å². The second kappa shape index (κ2) is 6.98. The lowest BCUT2D eigenvalue weighted by Gasteiger charge is -2.30. The van der Waals surface area contributed by atoms with E-state index in [1.807, 2.05) is 48.5 Å². The van der Waals surface area contributed by atoms with Gasteiger partial charge in [0, 0.05) is 37.7 Å². The van der Waals surface area contributed by atoms with Crippen LogP contribution in [0, 0.1) is 11.3 Å². The molecule has 7 heteroatoms. The van der Waals surface area contributed by atoms with Gasteiger partial charge in [0.2, 0.25) is 0 Å². The first-order chi connectivity index (χ1) is 14.1. The second-order valence-corrected chi connectivity index (χ2v) is 7.80. The van der Waals surface area contributed by atoms with Gasteiger partial charge in [-0.1, -0.05) is 0 Å². The fraction of sp³-hybridized carbons (Fsp3) is 0.364. The van der Waals surface area contributed by atoms with Gasteiger partial charge in [0.25, 0.3) is 0 Å². The monoisotopic (exact) mass is 386 g/mol. The fourth-order valence-electron chi connectivity index (χ4n) is 4.34. The summed E-state index contributed by atoms with van der Waals surface area (Å²) in [6, 6.07) is 8.19. The van der Waals surface area contributed by atoms with Crippen LogP contribution in [0.1, 0.15) is 42.9 Å². The standard InChI is InChI=1S/C22H22N6O/c1-14-7-17(5-6-29-14)28-21(9-16-12-27(2)13-25-16)26-20-11-24-19-4-3-15(10-23)8-18(19)22(20)28/h3-4,8,11-14,17H,5-7,9H2,1-2H3/t14-,17-/m1/s1. The van der Waals surface area contributed by atoms with Crippen LogP contribution in [0.3, 0.4) is 0 Å². The van der Waals surface area contributed by atoms with Crippen molar-refractivity contribution in [2.24, 2.45) is 7.05 Å². The minimum Gasteiger partial charge on any atom is -0.378 e. The van der Waals surface area contributed by atoms with Gasteiger partial charge in [-0.3, -0.25) is 4.98 Å². The molecule has 1 aromatic carbocycles. The lowest BCUT2D eigenvalue weighted by atomic mass is 10.0. The molecule has 0 bridgehead atoms. The van der Waals surface area contributed by atoms with E-state index >= 15 is 0 Å². The minimum absolute atomic E-state index is 0.205. The summed E-state index contributed by atoms with van der Waals surface area (Å²) < 4.78 is 10.1. The number of aromatic nitrogens is 5. The van der Waals surface area contributed by atoms with Gasteiger partial charge in [-0.15, -0.1) is 0 Å². The van der Waals surface area contributed by atoms with E-state index in [-0.39, 0.29) is 6.10 Å². The number of aryl methyl sites for hydroxylation is 1. The third-order valence-electron chi connectivity index (χ3n) is 5.64. The predicted octanol–water partition coefficient (Wildman–Crippen LogP) is 3.52. The number of pyridine rings is 1. The predicted molar refractivity (Wildman–Crippen MR) is 109 cm³/mol. The van der Waals surface area contributed by atoms with E-state index in [2.05, 4.69) is 27.5 Å². The highest BCUT2D eigenvalue weighted by molar-refractivity contribution is 6.02. The maximum atomic E-state index is 9.40. The van der Waals surface area contributed by atoms with Crippen LogP contribution in [0.5, 0.6) is 0 Å². The zero-order valence-corrected chi connectivity index (χ0v) is 16.5. The van der Waals surface area contributed by atoms with Crippen LogP contribution in [0.15, 0.2) is 36.9 Å². The number of nitrogens with zero attached hydrogens (tertiary/aromatic N) is 6. The molecule has 4 aromatic rings. The molecule has 0 spiro atoms. The molecule has 1 fully saturated rings. The summed E-state index contributed by atoms with van der Waals surface area (Å²) in [4.78, 5) is 14.0. The summed E-state index contributed by atoms with van der Waals surface area (Å²) in [5, 5.41) is 10.4. The molecule has 3 aromatic heterocycles. The van der Waals surface area contributed by atoms with Crippen molar-refractivity contribution in [1.29, 1.82) is 5.26 Å². The van der Waals surface area contributed by atoms with Crippen molar-refractivity contribution in [3.8, 4) is 6.07 Å². The second-order valence-electron chi connectivity index (χ2n) is 7.80. The number of rotatable bonds is 3. The van der Waals surface area contributed by atoms with E-state index in [1.54, 1.807) is 0 Å². The van der Waals surface area contributed by atoms with Crippen molar-refractivity contribution in [1.82, 2.24) is 24.1 Å². The molecular weight excluding hydrogens is 364 g/mol. The quantitative estimate of drug-likeness (QED) is 0.538. The molecule has 7 nitrogen and oxygen atoms in total. The van der Waals surface area contributed by atoms with Crippen LogP contribution in [0.2, 0.25) is 0 Å². The molecule has 146 valence electrons. The summed E-state index contributed by atoms with van der Waals surface area (Å²) in [6.07, 6.45) is 8.41. The van der Waals surface area contributed by atoms with E-state index in [4.69, 9.17) is 9.72 Å². The van der Waals surface area contributed by atoms with Crippen LogP contribution in [-0.4, -0.2) is 36.8 Å². The average molecular weight is 386 g/mol. The number of nitriles is 1. The highest BCUT2D eigenvalue weighted by Gasteiger charge is 2.26. The van der Waals surface area contributed by atoms with Gasteiger partial charge in [-0.2, -0.15) is 5.26 Å². The summed E-state index contributed by atoms with van der Waals surface area (Å²) in [5.74, 6) is 0.981. The first-order valence-electron chi connectivity index (χ1n) is 9.90. The largest absolute Gasteiger partial charge is 0.378 e. The number of imidazole rings is 2. The van der Waals surface area contributed by atoms with Gasteiger partial charge in [0.05, 0.1) is 47.0 Å². The molecule has 2 atom stereocenters. The molecule has 1 aliphatic heterocycles. The SMILES string of the molecule is C[C@@H]1C[C@H](n2c(Cc3cn(C)cn3)nc3cnc4ccc(C#N)cc4c32)CCO1. The normalized spacial score (nSPS) is 19.6. The lowest BCUT2D eigenvalue weighted by Crippen LogP contribution is -2.26. The zero-order valence-electron chi connectivity index (χ0n) is 16.5. The van der Waals surface area contributed by atoms with E-state index in [1.165, 1.54) is 0 Å². The lowest BCUT2D eigenvalue weighted by molar-refractivity contribution is 0.00631. The Labute approximate surface area is 168 Å². The van der Waals surface area contributed by atoms with E-state index < -0.39 is 0 Å². The summed E-state index contributed by atoms with van der Waals surface area (Å²) in [5.41, 5.74) is 4.40. The molecule has 0 amide bonds. The number of hydrogen-bond acceptors (Lipinski definition) is 5. The third kappa shape index (κ3) is 3.15. The Morgan fingerprint density at radius 3 is 2.93 bits per heavy atom. The van der Waals surface area contributed by atoms with Crippen LogP contribution in [-0.2, 0) is 18.2 Å². The van der Waals surface area contributed by atoms with Gasteiger partial charge in [-0.25, -0.2) is 9.97 Å². The van der Waals surface area contributed by atoms with Crippen LogP contribution >= 0.6 is 0 Å². The highest BCUT2D eigenvalue weighted by Crippen LogP contribution is 2.34. The number of fused-ring (bicyclic) bond motifs is 3. The third-order valence-corrected chi connectivity index (χ3v) is 5.64. The molecule has 5 rings (SSSR count). The number of hydrogen-bond donors (Lipinski definition) is 0. The topological polar surface area (TPSA) is 81.5 Å². The van der Waals surface area contributed by atoms with E-state index in [0.717, 1.165) is 52.9 Å². The Morgan fingerprint density at radius 1 is 1.28 bits per heavy atom. The molecule has 1 saturated heterocycles. The van der Waals surface area contributed by atoms with E-state index in [0.29, 0.717) is 18.0 Å². The van der Waals surface area contributed by atoms with Crippen molar-refractivity contribution in [2.45, 2.75) is 38.3 Å².